The molecule has 0 N–H and O–H groups in total. The van der Waals surface area contributed by atoms with Gasteiger partial charge < -0.3 is 0 Å². The van der Waals surface area contributed by atoms with Crippen LogP contribution in [-0.4, -0.2) is 9.97 Å². The van der Waals surface area contributed by atoms with Gasteiger partial charge in [0.05, 0.1) is 17.1 Å². The molecule has 0 aliphatic carbocycles. The maximum absolute atomic E-state index is 5.98. The lowest BCUT2D eigenvalue weighted by molar-refractivity contribution is 1.04. The van der Waals surface area contributed by atoms with Crippen molar-refractivity contribution in [2.24, 2.45) is 0 Å². The van der Waals surface area contributed by atoms with E-state index in [0.717, 1.165) is 45.2 Å². The molecule has 0 saturated carbocycles. The molecule has 0 atom stereocenters. The van der Waals surface area contributed by atoms with Gasteiger partial charge in [-0.25, -0.2) is 4.98 Å². The first-order valence-corrected chi connectivity index (χ1v) is 8.88. The lowest BCUT2D eigenvalue weighted by Crippen LogP contribution is -1.99. The first-order valence-electron chi connectivity index (χ1n) is 8.51. The van der Waals surface area contributed by atoms with Gasteiger partial charge in [0.1, 0.15) is 0 Å². The SMILES string of the molecule is Clc1ccc(Cc2cnc(-c3ccccc3)c(-c3ccccc3)n2)cc1. The summed E-state index contributed by atoms with van der Waals surface area (Å²) in [5.41, 5.74) is 6.04. The lowest BCUT2D eigenvalue weighted by Gasteiger charge is -2.11. The Morgan fingerprint density at radius 2 is 1.23 bits per heavy atom. The highest BCUT2D eigenvalue weighted by molar-refractivity contribution is 6.30. The van der Waals surface area contributed by atoms with E-state index in [0.29, 0.717) is 0 Å². The Hall–Kier alpha value is -2.97. The van der Waals surface area contributed by atoms with Gasteiger partial charge in [-0.05, 0) is 17.7 Å². The van der Waals surface area contributed by atoms with Crippen LogP contribution in [0.1, 0.15) is 11.3 Å². The van der Waals surface area contributed by atoms with E-state index in [4.69, 9.17) is 21.6 Å². The third-order valence-corrected chi connectivity index (χ3v) is 4.47. The highest BCUT2D eigenvalue weighted by Gasteiger charge is 2.12. The summed E-state index contributed by atoms with van der Waals surface area (Å²) in [5.74, 6) is 0. The van der Waals surface area contributed by atoms with E-state index < -0.39 is 0 Å². The molecule has 0 radical (unpaired) electrons. The van der Waals surface area contributed by atoms with Crippen LogP contribution in [0.5, 0.6) is 0 Å². The molecule has 0 amide bonds. The Morgan fingerprint density at radius 3 is 1.85 bits per heavy atom. The lowest BCUT2D eigenvalue weighted by atomic mass is 10.0. The van der Waals surface area contributed by atoms with E-state index >= 15 is 0 Å². The molecule has 0 unspecified atom stereocenters. The summed E-state index contributed by atoms with van der Waals surface area (Å²) >= 11 is 5.98. The summed E-state index contributed by atoms with van der Waals surface area (Å²) in [4.78, 5) is 9.69. The molecule has 0 fully saturated rings. The largest absolute Gasteiger partial charge is 0.252 e. The Labute approximate surface area is 158 Å². The number of aromatic nitrogens is 2. The zero-order chi connectivity index (χ0) is 17.8. The predicted octanol–water partition coefficient (Wildman–Crippen LogP) is 6.05. The second-order valence-corrected chi connectivity index (χ2v) is 6.53. The summed E-state index contributed by atoms with van der Waals surface area (Å²) in [7, 11) is 0. The number of nitrogens with zero attached hydrogens (tertiary/aromatic N) is 2. The van der Waals surface area contributed by atoms with Crippen LogP contribution < -0.4 is 0 Å². The maximum Gasteiger partial charge on any atom is 0.0968 e. The van der Waals surface area contributed by atoms with Gasteiger partial charge in [-0.3, -0.25) is 4.98 Å². The van der Waals surface area contributed by atoms with Gasteiger partial charge in [-0.1, -0.05) is 84.4 Å². The number of hydrogen-bond donors (Lipinski definition) is 0. The fourth-order valence-electron chi connectivity index (χ4n) is 2.93. The summed E-state index contributed by atoms with van der Waals surface area (Å²) in [6.45, 7) is 0. The minimum absolute atomic E-state index is 0.721. The fraction of sp³-hybridized carbons (Fsp3) is 0.0435. The van der Waals surface area contributed by atoms with Crippen LogP contribution in [0.2, 0.25) is 5.02 Å². The molecular weight excluding hydrogens is 340 g/mol. The minimum atomic E-state index is 0.721. The monoisotopic (exact) mass is 356 g/mol. The number of benzene rings is 3. The van der Waals surface area contributed by atoms with Gasteiger partial charge in [-0.15, -0.1) is 0 Å². The smallest absolute Gasteiger partial charge is 0.0968 e. The molecule has 0 aliphatic rings. The molecule has 26 heavy (non-hydrogen) atoms. The van der Waals surface area contributed by atoms with E-state index in [1.807, 2.05) is 66.9 Å². The van der Waals surface area contributed by atoms with Crippen molar-refractivity contribution in [1.82, 2.24) is 9.97 Å². The van der Waals surface area contributed by atoms with Crippen LogP contribution in [0.25, 0.3) is 22.5 Å². The molecule has 126 valence electrons. The van der Waals surface area contributed by atoms with Gasteiger partial charge in [0.25, 0.3) is 0 Å². The molecular formula is C23H17ClN2. The van der Waals surface area contributed by atoms with Crippen molar-refractivity contribution in [2.45, 2.75) is 6.42 Å². The van der Waals surface area contributed by atoms with Gasteiger partial charge in [-0.2, -0.15) is 0 Å². The van der Waals surface area contributed by atoms with Crippen LogP contribution >= 0.6 is 11.6 Å². The molecule has 1 heterocycles. The van der Waals surface area contributed by atoms with E-state index in [-0.39, 0.29) is 0 Å². The molecule has 0 aliphatic heterocycles. The minimum Gasteiger partial charge on any atom is -0.252 e. The third-order valence-electron chi connectivity index (χ3n) is 4.22. The van der Waals surface area contributed by atoms with Crippen LogP contribution in [0.4, 0.5) is 0 Å². The van der Waals surface area contributed by atoms with Crippen molar-refractivity contribution in [1.29, 1.82) is 0 Å². The maximum atomic E-state index is 5.98. The number of rotatable bonds is 4. The first-order chi connectivity index (χ1) is 12.8. The van der Waals surface area contributed by atoms with Crippen molar-refractivity contribution >= 4 is 11.6 Å². The Morgan fingerprint density at radius 1 is 0.654 bits per heavy atom. The van der Waals surface area contributed by atoms with Crippen molar-refractivity contribution in [3.8, 4) is 22.5 Å². The highest BCUT2D eigenvalue weighted by Crippen LogP contribution is 2.29. The second-order valence-electron chi connectivity index (χ2n) is 6.09. The molecule has 2 nitrogen and oxygen atoms in total. The van der Waals surface area contributed by atoms with Crippen LogP contribution in [0, 0.1) is 0 Å². The Bertz CT molecular complexity index is 997. The molecule has 4 rings (SSSR count). The van der Waals surface area contributed by atoms with Gasteiger partial charge in [0, 0.05) is 28.8 Å². The predicted molar refractivity (Wildman–Crippen MR) is 107 cm³/mol. The van der Waals surface area contributed by atoms with Crippen molar-refractivity contribution in [3.63, 3.8) is 0 Å². The third kappa shape index (κ3) is 3.66. The van der Waals surface area contributed by atoms with Crippen LogP contribution in [0.15, 0.2) is 91.1 Å². The molecule has 4 aromatic rings. The van der Waals surface area contributed by atoms with E-state index in [1.165, 1.54) is 0 Å². The number of hydrogen-bond acceptors (Lipinski definition) is 2. The summed E-state index contributed by atoms with van der Waals surface area (Å²) in [5, 5.41) is 0.740. The quantitative estimate of drug-likeness (QED) is 0.444. The zero-order valence-corrected chi connectivity index (χ0v) is 14.9. The second kappa shape index (κ2) is 7.51. The van der Waals surface area contributed by atoms with Gasteiger partial charge in [0.15, 0.2) is 0 Å². The van der Waals surface area contributed by atoms with Crippen molar-refractivity contribution < 1.29 is 0 Å². The van der Waals surface area contributed by atoms with Crippen molar-refractivity contribution in [2.75, 3.05) is 0 Å². The van der Waals surface area contributed by atoms with Crippen molar-refractivity contribution in [3.05, 3.63) is 107 Å². The van der Waals surface area contributed by atoms with Gasteiger partial charge >= 0.3 is 0 Å². The fourth-order valence-corrected chi connectivity index (χ4v) is 3.05. The Balaban J connectivity index is 1.78. The zero-order valence-electron chi connectivity index (χ0n) is 14.1. The summed E-state index contributed by atoms with van der Waals surface area (Å²) in [6, 6.07) is 28.2. The molecule has 3 heteroatoms. The molecule has 1 aromatic heterocycles. The average molecular weight is 357 g/mol. The highest BCUT2D eigenvalue weighted by atomic mass is 35.5. The van der Waals surface area contributed by atoms with Crippen LogP contribution in [0.3, 0.4) is 0 Å². The summed E-state index contributed by atoms with van der Waals surface area (Å²) in [6.07, 6.45) is 2.59. The number of halogens is 1. The molecule has 3 aromatic carbocycles. The normalized spacial score (nSPS) is 10.7. The molecule has 0 saturated heterocycles. The molecule has 0 spiro atoms. The Kier molecular flexibility index (Phi) is 4.76. The average Bonchev–Trinajstić information content (AvgIpc) is 2.71. The topological polar surface area (TPSA) is 25.8 Å². The van der Waals surface area contributed by atoms with Gasteiger partial charge in [0.2, 0.25) is 0 Å². The first kappa shape index (κ1) is 16.5. The van der Waals surface area contributed by atoms with E-state index in [9.17, 15) is 0 Å². The van der Waals surface area contributed by atoms with E-state index in [2.05, 4.69) is 24.3 Å². The standard InChI is InChI=1S/C23H17ClN2/c24-20-13-11-17(12-14-20)15-21-16-25-22(18-7-3-1-4-8-18)23(26-21)19-9-5-2-6-10-19/h1-14,16H,15H2. The molecule has 0 bridgehead atoms. The van der Waals surface area contributed by atoms with Crippen LogP contribution in [-0.2, 0) is 6.42 Å². The van der Waals surface area contributed by atoms with E-state index in [1.54, 1.807) is 0 Å². The summed E-state index contributed by atoms with van der Waals surface area (Å²) < 4.78 is 0.